The van der Waals surface area contributed by atoms with Crippen LogP contribution in [-0.4, -0.2) is 0 Å². The van der Waals surface area contributed by atoms with Crippen LogP contribution in [0.5, 0.6) is 0 Å². The molecule has 65 heavy (non-hydrogen) atoms. The van der Waals surface area contributed by atoms with E-state index in [9.17, 15) is 0 Å². The standard InChI is InChI=1S/C63H58N2/c1-5-8-21-46-22-17-25-48(37-46)53-39-54(41-55(40-53)59-30-19-24-47-23-10-12-29-58(47)59)50-27-18-26-49(38-50)51-33-34-52-42-56(44-64-35-15-13-31-61(64)57-28-11-9-20-45(57)4)63(6-2,7-3)65-36-16-14-32-62(65)60(52)43-51/h9-20,22-43H,5-8,21,44H2,1-4H3/q+2. The molecule has 9 aromatic rings. The summed E-state index contributed by atoms with van der Waals surface area (Å²) < 4.78 is 5.03. The van der Waals surface area contributed by atoms with Gasteiger partial charge in [-0.2, -0.15) is 9.13 Å². The molecule has 3 heterocycles. The van der Waals surface area contributed by atoms with Crippen molar-refractivity contribution < 1.29 is 9.13 Å². The molecule has 0 N–H and O–H groups in total. The van der Waals surface area contributed by atoms with Gasteiger partial charge in [-0.1, -0.05) is 142 Å². The van der Waals surface area contributed by atoms with Gasteiger partial charge in [0.05, 0.1) is 11.1 Å². The minimum Gasteiger partial charge on any atom is -0.194 e. The van der Waals surface area contributed by atoms with Crippen molar-refractivity contribution in [3.8, 4) is 67.0 Å². The maximum atomic E-state index is 2.58. The van der Waals surface area contributed by atoms with Crippen LogP contribution >= 0.6 is 0 Å². The zero-order chi connectivity index (χ0) is 44.3. The zero-order valence-corrected chi connectivity index (χ0v) is 38.3. The van der Waals surface area contributed by atoms with E-state index in [0.717, 1.165) is 25.8 Å². The van der Waals surface area contributed by atoms with Crippen molar-refractivity contribution in [2.75, 3.05) is 0 Å². The van der Waals surface area contributed by atoms with Crippen molar-refractivity contribution >= 4 is 16.8 Å². The molecule has 0 aliphatic carbocycles. The van der Waals surface area contributed by atoms with E-state index in [1.807, 2.05) is 0 Å². The Morgan fingerprint density at radius 2 is 1.08 bits per heavy atom. The molecule has 1 aliphatic heterocycles. The number of benzene rings is 7. The fraction of sp³-hybridized carbons (Fsp3) is 0.175. The molecule has 0 bridgehead atoms. The monoisotopic (exact) mass is 842 g/mol. The van der Waals surface area contributed by atoms with Gasteiger partial charge in [-0.15, -0.1) is 0 Å². The van der Waals surface area contributed by atoms with Gasteiger partial charge in [0, 0.05) is 42.7 Å². The third kappa shape index (κ3) is 8.04. The minimum absolute atomic E-state index is 0.205. The molecule has 0 fully saturated rings. The number of aromatic nitrogens is 2. The van der Waals surface area contributed by atoms with Crippen molar-refractivity contribution in [2.45, 2.75) is 71.9 Å². The van der Waals surface area contributed by atoms with E-state index in [2.05, 4.69) is 243 Å². The van der Waals surface area contributed by atoms with Gasteiger partial charge in [0.1, 0.15) is 0 Å². The summed E-state index contributed by atoms with van der Waals surface area (Å²) >= 11 is 0. The summed E-state index contributed by atoms with van der Waals surface area (Å²) in [5.41, 5.74) is 20.0. The first-order chi connectivity index (χ1) is 32.0. The van der Waals surface area contributed by atoms with E-state index in [-0.39, 0.29) is 5.54 Å². The molecule has 0 saturated carbocycles. The molecule has 7 aromatic carbocycles. The highest BCUT2D eigenvalue weighted by Crippen LogP contribution is 2.41. The third-order valence-electron chi connectivity index (χ3n) is 14.1. The minimum atomic E-state index is -0.205. The Morgan fingerprint density at radius 3 is 1.88 bits per heavy atom. The van der Waals surface area contributed by atoms with Crippen LogP contribution in [0.4, 0.5) is 0 Å². The van der Waals surface area contributed by atoms with E-state index in [0.29, 0.717) is 0 Å². The smallest absolute Gasteiger partial charge is 0.194 e. The first-order valence-electron chi connectivity index (χ1n) is 23.7. The van der Waals surface area contributed by atoms with Crippen LogP contribution in [0, 0.1) is 6.92 Å². The Kier molecular flexibility index (Phi) is 11.7. The number of rotatable bonds is 12. The average Bonchev–Trinajstić information content (AvgIpc) is 3.47. The summed E-state index contributed by atoms with van der Waals surface area (Å²) in [6, 6.07) is 70.2. The lowest BCUT2D eigenvalue weighted by molar-refractivity contribution is -0.755. The second-order valence-electron chi connectivity index (χ2n) is 17.9. The SMILES string of the molecule is CCCCc1cccc(-c2cc(-c3cccc(-c4ccc5c(c4)-c4cccc[n+]4C(CC)(CC)C(C[n+]4ccccc4-c4ccccc4C)=C5)c3)cc(-c3cccc4ccccc34)c2)c1. The van der Waals surface area contributed by atoms with Gasteiger partial charge in [-0.3, -0.25) is 0 Å². The zero-order valence-electron chi connectivity index (χ0n) is 38.3. The van der Waals surface area contributed by atoms with E-state index < -0.39 is 0 Å². The van der Waals surface area contributed by atoms with E-state index >= 15 is 0 Å². The molecule has 0 radical (unpaired) electrons. The van der Waals surface area contributed by atoms with E-state index in [4.69, 9.17) is 0 Å². The Labute approximate surface area is 385 Å². The number of nitrogens with zero attached hydrogens (tertiary/aromatic N) is 2. The maximum Gasteiger partial charge on any atom is 0.213 e. The summed E-state index contributed by atoms with van der Waals surface area (Å²) in [6.45, 7) is 9.99. The number of aryl methyl sites for hydroxylation is 2. The van der Waals surface area contributed by atoms with Crippen molar-refractivity contribution in [3.63, 3.8) is 0 Å². The third-order valence-corrected chi connectivity index (χ3v) is 14.1. The summed E-state index contributed by atoms with van der Waals surface area (Å²) in [5.74, 6) is 0. The summed E-state index contributed by atoms with van der Waals surface area (Å²) in [4.78, 5) is 0. The lowest BCUT2D eigenvalue weighted by Gasteiger charge is -2.28. The van der Waals surface area contributed by atoms with Crippen LogP contribution in [-0.2, 0) is 18.5 Å². The van der Waals surface area contributed by atoms with Crippen molar-refractivity contribution in [3.05, 3.63) is 223 Å². The number of allylic oxidation sites excluding steroid dienone is 1. The molecular formula is C63H58N2+2. The van der Waals surface area contributed by atoms with Gasteiger partial charge in [0.15, 0.2) is 24.5 Å². The number of unbranched alkanes of at least 4 members (excludes halogenated alkanes) is 1. The lowest BCUT2D eigenvalue weighted by Crippen LogP contribution is -2.59. The summed E-state index contributed by atoms with van der Waals surface area (Å²) in [6.07, 6.45) is 12.5. The molecule has 0 saturated heterocycles. The molecular weight excluding hydrogens is 785 g/mol. The quantitative estimate of drug-likeness (QED) is 0.108. The second-order valence-corrected chi connectivity index (χ2v) is 17.9. The lowest BCUT2D eigenvalue weighted by atomic mass is 9.82. The van der Waals surface area contributed by atoms with E-state index in [1.54, 1.807) is 0 Å². The molecule has 0 unspecified atom stereocenters. The number of fused-ring (bicyclic) bond motifs is 4. The van der Waals surface area contributed by atoms with Gasteiger partial charge >= 0.3 is 0 Å². The van der Waals surface area contributed by atoms with Crippen LogP contribution in [0.25, 0.3) is 83.9 Å². The van der Waals surface area contributed by atoms with Crippen molar-refractivity contribution in [1.29, 1.82) is 0 Å². The Morgan fingerprint density at radius 1 is 0.462 bits per heavy atom. The second kappa shape index (κ2) is 18.1. The molecule has 0 amide bonds. The predicted octanol–water partition coefficient (Wildman–Crippen LogP) is 15.7. The molecule has 2 aromatic heterocycles. The van der Waals surface area contributed by atoms with Crippen LogP contribution in [0.3, 0.4) is 0 Å². The topological polar surface area (TPSA) is 7.76 Å². The molecule has 2 heteroatoms. The highest BCUT2D eigenvalue weighted by Gasteiger charge is 2.46. The van der Waals surface area contributed by atoms with Gasteiger partial charge in [-0.25, -0.2) is 0 Å². The summed E-state index contributed by atoms with van der Waals surface area (Å²) in [7, 11) is 0. The average molecular weight is 843 g/mol. The molecule has 0 atom stereocenters. The predicted molar refractivity (Wildman–Crippen MR) is 273 cm³/mol. The molecule has 10 rings (SSSR count). The van der Waals surface area contributed by atoms with Crippen LogP contribution < -0.4 is 9.13 Å². The first kappa shape index (κ1) is 41.8. The number of hydrogen-bond donors (Lipinski definition) is 0. The largest absolute Gasteiger partial charge is 0.213 e. The fourth-order valence-electron chi connectivity index (χ4n) is 10.5. The fourth-order valence-corrected chi connectivity index (χ4v) is 10.5. The van der Waals surface area contributed by atoms with Crippen molar-refractivity contribution in [2.24, 2.45) is 0 Å². The number of hydrogen-bond acceptors (Lipinski definition) is 0. The normalized spacial score (nSPS) is 12.9. The van der Waals surface area contributed by atoms with Crippen LogP contribution in [0.1, 0.15) is 63.1 Å². The molecule has 1 aliphatic rings. The number of pyridine rings is 2. The molecule has 2 nitrogen and oxygen atoms in total. The van der Waals surface area contributed by atoms with Gasteiger partial charge < -0.3 is 0 Å². The molecule has 0 spiro atoms. The maximum absolute atomic E-state index is 2.58. The Balaban J connectivity index is 1.09. The van der Waals surface area contributed by atoms with Gasteiger partial charge in [-0.05, 0) is 146 Å². The molecule has 318 valence electrons. The Hall–Kier alpha value is -7.16. The van der Waals surface area contributed by atoms with Crippen LogP contribution in [0.2, 0.25) is 0 Å². The van der Waals surface area contributed by atoms with Crippen LogP contribution in [0.15, 0.2) is 206 Å². The van der Waals surface area contributed by atoms with Crippen molar-refractivity contribution in [1.82, 2.24) is 0 Å². The van der Waals surface area contributed by atoms with E-state index in [1.165, 1.54) is 113 Å². The highest BCUT2D eigenvalue weighted by molar-refractivity contribution is 5.98. The summed E-state index contributed by atoms with van der Waals surface area (Å²) in [5, 5.41) is 2.53. The first-order valence-corrected chi connectivity index (χ1v) is 23.7. The van der Waals surface area contributed by atoms with Gasteiger partial charge in [0.25, 0.3) is 0 Å². The highest BCUT2D eigenvalue weighted by atomic mass is 15.1. The Bertz CT molecular complexity index is 3210. The van der Waals surface area contributed by atoms with Gasteiger partial charge in [0.2, 0.25) is 11.4 Å².